The highest BCUT2D eigenvalue weighted by atomic mass is 32.2. The molecule has 0 atom stereocenters. The Hall–Kier alpha value is -1.76. The molecule has 0 aromatic heterocycles. The summed E-state index contributed by atoms with van der Waals surface area (Å²) >= 11 is 2.84. The molecule has 1 aromatic carbocycles. The Balaban J connectivity index is 2.38. The van der Waals surface area contributed by atoms with Crippen LogP contribution < -0.4 is 9.47 Å². The number of hydrogen-bond acceptors (Lipinski definition) is 5. The molecule has 0 N–H and O–H groups in total. The molecule has 1 aliphatic rings. The van der Waals surface area contributed by atoms with E-state index in [2.05, 4.69) is 32.5 Å². The standard InChI is InChI=1S/C18H20N2O2S2/c1-11(2)9-21-14-6-7-15(22-10-12(3)4)17-16(14)23-18(24-17)13(8-19)20-5/h6-7,11-12H,9-10H2,1-4H3. The second kappa shape index (κ2) is 8.37. The van der Waals surface area contributed by atoms with E-state index in [1.807, 2.05) is 18.2 Å². The van der Waals surface area contributed by atoms with Gasteiger partial charge in [0.05, 0.1) is 39.9 Å². The summed E-state index contributed by atoms with van der Waals surface area (Å²) in [4.78, 5) is 5.20. The molecule has 0 bridgehead atoms. The van der Waals surface area contributed by atoms with Crippen LogP contribution in [0.2, 0.25) is 0 Å². The van der Waals surface area contributed by atoms with Crippen LogP contribution in [0.15, 0.2) is 31.9 Å². The first-order valence-electron chi connectivity index (χ1n) is 7.76. The normalized spacial score (nSPS) is 12.8. The molecule has 1 aliphatic heterocycles. The van der Waals surface area contributed by atoms with Crippen LogP contribution in [0.3, 0.4) is 0 Å². The van der Waals surface area contributed by atoms with Gasteiger partial charge in [-0.2, -0.15) is 0 Å². The van der Waals surface area contributed by atoms with E-state index in [9.17, 15) is 0 Å². The van der Waals surface area contributed by atoms with Crippen LogP contribution >= 0.6 is 23.5 Å². The molecular formula is C18H20N2O2S2. The number of fused-ring (bicyclic) bond motifs is 1. The van der Waals surface area contributed by atoms with Gasteiger partial charge in [-0.25, -0.2) is 10.1 Å². The molecule has 4 nitrogen and oxygen atoms in total. The van der Waals surface area contributed by atoms with Gasteiger partial charge in [-0.1, -0.05) is 51.2 Å². The number of ether oxygens (including phenoxy) is 2. The molecular weight excluding hydrogens is 340 g/mol. The van der Waals surface area contributed by atoms with Gasteiger partial charge in [-0.05, 0) is 24.0 Å². The van der Waals surface area contributed by atoms with Crippen LogP contribution in [-0.4, -0.2) is 13.2 Å². The number of thioether (sulfide) groups is 2. The van der Waals surface area contributed by atoms with Crippen LogP contribution in [0.1, 0.15) is 27.7 Å². The maximum atomic E-state index is 9.15. The van der Waals surface area contributed by atoms with E-state index in [0.29, 0.717) is 29.3 Å². The highest BCUT2D eigenvalue weighted by Crippen LogP contribution is 2.59. The lowest BCUT2D eigenvalue weighted by Gasteiger charge is -2.15. The molecule has 0 unspecified atom stereocenters. The third-order valence-electron chi connectivity index (χ3n) is 2.98. The number of rotatable bonds is 6. The summed E-state index contributed by atoms with van der Waals surface area (Å²) < 4.78 is 12.5. The van der Waals surface area contributed by atoms with E-state index in [1.165, 1.54) is 23.5 Å². The third-order valence-corrected chi connectivity index (χ3v) is 5.59. The first-order valence-corrected chi connectivity index (χ1v) is 9.39. The van der Waals surface area contributed by atoms with Gasteiger partial charge in [0.1, 0.15) is 11.5 Å². The molecule has 126 valence electrons. The SMILES string of the molecule is [C-]#[N+]C(C#N)=C1Sc2c(OCC(C)C)ccc(OCC(C)C)c2S1. The fraction of sp³-hybridized carbons (Fsp3) is 0.444. The van der Waals surface area contributed by atoms with Gasteiger partial charge in [0, 0.05) is 0 Å². The lowest BCUT2D eigenvalue weighted by molar-refractivity contribution is 0.253. The predicted molar refractivity (Wildman–Crippen MR) is 98.1 cm³/mol. The van der Waals surface area contributed by atoms with Gasteiger partial charge in [0.15, 0.2) is 0 Å². The average molecular weight is 361 g/mol. The van der Waals surface area contributed by atoms with Crippen molar-refractivity contribution in [2.75, 3.05) is 13.2 Å². The fourth-order valence-corrected chi connectivity index (χ4v) is 4.38. The molecule has 0 radical (unpaired) electrons. The minimum atomic E-state index is 0.116. The lowest BCUT2D eigenvalue weighted by atomic mass is 10.2. The minimum Gasteiger partial charge on any atom is -0.492 e. The number of allylic oxidation sites excluding steroid dienone is 1. The Bertz CT molecular complexity index is 669. The number of nitrogens with zero attached hydrogens (tertiary/aromatic N) is 2. The van der Waals surface area contributed by atoms with Gasteiger partial charge in [-0.15, -0.1) is 0 Å². The van der Waals surface area contributed by atoms with Gasteiger partial charge in [-0.3, -0.25) is 0 Å². The fourth-order valence-electron chi connectivity index (χ4n) is 1.88. The quantitative estimate of drug-likeness (QED) is 0.490. The van der Waals surface area contributed by atoms with Crippen molar-refractivity contribution in [3.63, 3.8) is 0 Å². The number of benzene rings is 1. The van der Waals surface area contributed by atoms with Crippen LogP contribution in [0.4, 0.5) is 0 Å². The van der Waals surface area contributed by atoms with Crippen molar-refractivity contribution in [1.29, 1.82) is 5.26 Å². The van der Waals surface area contributed by atoms with Crippen LogP contribution in [-0.2, 0) is 0 Å². The maximum Gasteiger partial charge on any atom is 0.282 e. The molecule has 0 fully saturated rings. The Kier molecular flexibility index (Phi) is 6.48. The summed E-state index contributed by atoms with van der Waals surface area (Å²) in [5.74, 6) is 2.41. The molecule has 6 heteroatoms. The Labute approximate surface area is 152 Å². The lowest BCUT2D eigenvalue weighted by Crippen LogP contribution is -2.07. The topological polar surface area (TPSA) is 46.6 Å². The molecule has 0 aliphatic carbocycles. The van der Waals surface area contributed by atoms with Crippen LogP contribution in [0, 0.1) is 29.7 Å². The van der Waals surface area contributed by atoms with Crippen molar-refractivity contribution in [1.82, 2.24) is 0 Å². The summed E-state index contributed by atoms with van der Waals surface area (Å²) in [7, 11) is 0. The second-order valence-electron chi connectivity index (χ2n) is 6.19. The highest BCUT2D eigenvalue weighted by molar-refractivity contribution is 8.24. The first-order chi connectivity index (χ1) is 11.5. The molecule has 1 heterocycles. The Morgan fingerprint density at radius 1 is 1.08 bits per heavy atom. The van der Waals surface area contributed by atoms with E-state index in [1.54, 1.807) is 0 Å². The summed E-state index contributed by atoms with van der Waals surface area (Å²) in [5.41, 5.74) is 0.116. The highest BCUT2D eigenvalue weighted by Gasteiger charge is 2.28. The maximum absolute atomic E-state index is 9.15. The van der Waals surface area contributed by atoms with Gasteiger partial charge < -0.3 is 9.47 Å². The van der Waals surface area contributed by atoms with Gasteiger partial charge in [0.2, 0.25) is 0 Å². The molecule has 1 aromatic rings. The van der Waals surface area contributed by atoms with E-state index >= 15 is 0 Å². The smallest absolute Gasteiger partial charge is 0.282 e. The van der Waals surface area contributed by atoms with Crippen molar-refractivity contribution in [3.8, 4) is 17.6 Å². The van der Waals surface area contributed by atoms with Gasteiger partial charge >= 0.3 is 0 Å². The Morgan fingerprint density at radius 3 is 1.88 bits per heavy atom. The average Bonchev–Trinajstić information content (AvgIpc) is 2.97. The van der Waals surface area contributed by atoms with Crippen LogP contribution in [0.5, 0.6) is 11.5 Å². The summed E-state index contributed by atoms with van der Waals surface area (Å²) in [6.45, 7) is 16.8. The summed E-state index contributed by atoms with van der Waals surface area (Å²) in [5, 5.41) is 9.15. The summed E-state index contributed by atoms with van der Waals surface area (Å²) in [6.07, 6.45) is 0. The largest absolute Gasteiger partial charge is 0.492 e. The van der Waals surface area contributed by atoms with Crippen molar-refractivity contribution >= 4 is 23.5 Å². The van der Waals surface area contributed by atoms with Gasteiger partial charge in [0.25, 0.3) is 5.70 Å². The zero-order chi connectivity index (χ0) is 17.7. The van der Waals surface area contributed by atoms with Crippen molar-refractivity contribution in [2.24, 2.45) is 11.8 Å². The molecule has 24 heavy (non-hydrogen) atoms. The number of nitriles is 1. The van der Waals surface area contributed by atoms with Crippen molar-refractivity contribution in [2.45, 2.75) is 37.5 Å². The van der Waals surface area contributed by atoms with Crippen LogP contribution in [0.25, 0.3) is 4.85 Å². The second-order valence-corrected chi connectivity index (χ2v) is 8.49. The van der Waals surface area contributed by atoms with Crippen molar-refractivity contribution in [3.05, 3.63) is 33.5 Å². The number of hydrogen-bond donors (Lipinski definition) is 0. The first kappa shape index (κ1) is 18.6. The van der Waals surface area contributed by atoms with E-state index in [4.69, 9.17) is 21.3 Å². The molecule has 2 rings (SSSR count). The Morgan fingerprint density at radius 2 is 1.54 bits per heavy atom. The zero-order valence-corrected chi connectivity index (χ0v) is 15.9. The molecule has 0 saturated carbocycles. The van der Waals surface area contributed by atoms with E-state index in [-0.39, 0.29) is 5.70 Å². The van der Waals surface area contributed by atoms with E-state index < -0.39 is 0 Å². The van der Waals surface area contributed by atoms with E-state index in [0.717, 1.165) is 21.3 Å². The third kappa shape index (κ3) is 4.41. The minimum absolute atomic E-state index is 0.116. The van der Waals surface area contributed by atoms with Crippen molar-refractivity contribution < 1.29 is 9.47 Å². The predicted octanol–water partition coefficient (Wildman–Crippen LogP) is 5.57. The zero-order valence-electron chi connectivity index (χ0n) is 14.3. The summed E-state index contributed by atoms with van der Waals surface area (Å²) in [6, 6.07) is 5.80. The molecule has 0 amide bonds. The molecule has 0 spiro atoms. The molecule has 0 saturated heterocycles. The monoisotopic (exact) mass is 360 g/mol.